The van der Waals surface area contributed by atoms with Crippen LogP contribution >= 0.6 is 0 Å². The second-order valence-corrected chi connectivity index (χ2v) is 9.19. The third-order valence-corrected chi connectivity index (χ3v) is 6.47. The SMILES string of the molecule is Cc1ccc(Nc2c(-c3ccc(F)cc3)nc3n2CCN(C(=O)[C@@H](N)Cc2ccc(F)c(F)c2)C3)cc1. The molecule has 0 bridgehead atoms. The maximum absolute atomic E-state index is 13.6. The lowest BCUT2D eigenvalue weighted by Crippen LogP contribution is -2.47. The van der Waals surface area contributed by atoms with Crippen LogP contribution in [0.3, 0.4) is 0 Å². The van der Waals surface area contributed by atoms with Crippen LogP contribution < -0.4 is 11.1 Å². The Morgan fingerprint density at radius 2 is 1.73 bits per heavy atom. The van der Waals surface area contributed by atoms with Crippen molar-refractivity contribution in [3.8, 4) is 11.3 Å². The molecule has 0 saturated heterocycles. The van der Waals surface area contributed by atoms with Gasteiger partial charge in [-0.05, 0) is 67.4 Å². The number of carbonyl (C=O) groups is 1. The van der Waals surface area contributed by atoms with Crippen molar-refractivity contribution in [2.75, 3.05) is 11.9 Å². The van der Waals surface area contributed by atoms with Crippen LogP contribution in [0.15, 0.2) is 66.7 Å². The average molecular weight is 506 g/mol. The number of nitrogens with two attached hydrogens (primary N) is 1. The fourth-order valence-corrected chi connectivity index (χ4v) is 4.47. The van der Waals surface area contributed by atoms with E-state index < -0.39 is 17.7 Å². The Kier molecular flexibility index (Phi) is 6.71. The quantitative estimate of drug-likeness (QED) is 0.390. The number of rotatable bonds is 6. The molecule has 0 radical (unpaired) electrons. The number of hydrogen-bond donors (Lipinski definition) is 2. The number of hydrogen-bond acceptors (Lipinski definition) is 4. The number of anilines is 2. The fourth-order valence-electron chi connectivity index (χ4n) is 4.47. The van der Waals surface area contributed by atoms with Crippen LogP contribution in [0.4, 0.5) is 24.7 Å². The number of aromatic nitrogens is 2. The Labute approximate surface area is 212 Å². The Balaban J connectivity index is 1.40. The minimum Gasteiger partial charge on any atom is -0.340 e. The van der Waals surface area contributed by atoms with Gasteiger partial charge in [-0.15, -0.1) is 0 Å². The monoisotopic (exact) mass is 505 g/mol. The van der Waals surface area contributed by atoms with Crippen molar-refractivity contribution in [2.24, 2.45) is 5.73 Å². The maximum atomic E-state index is 13.6. The van der Waals surface area contributed by atoms with Crippen LogP contribution in [0, 0.1) is 24.4 Å². The molecule has 1 aromatic heterocycles. The predicted octanol–water partition coefficient (Wildman–Crippen LogP) is 4.93. The summed E-state index contributed by atoms with van der Waals surface area (Å²) in [5.74, 6) is -1.14. The van der Waals surface area contributed by atoms with Crippen LogP contribution in [0.2, 0.25) is 0 Å². The summed E-state index contributed by atoms with van der Waals surface area (Å²) in [6.07, 6.45) is 0.0853. The molecule has 5 rings (SSSR count). The van der Waals surface area contributed by atoms with E-state index in [0.717, 1.165) is 34.8 Å². The number of nitrogens with one attached hydrogen (secondary N) is 1. The highest BCUT2D eigenvalue weighted by atomic mass is 19.2. The van der Waals surface area contributed by atoms with E-state index in [-0.39, 0.29) is 24.7 Å². The second kappa shape index (κ2) is 10.1. The summed E-state index contributed by atoms with van der Waals surface area (Å²) in [6.45, 7) is 3.12. The van der Waals surface area contributed by atoms with Crippen molar-refractivity contribution in [2.45, 2.75) is 32.5 Å². The van der Waals surface area contributed by atoms with E-state index in [1.807, 2.05) is 35.8 Å². The molecular weight excluding hydrogens is 479 g/mol. The van der Waals surface area contributed by atoms with E-state index in [1.54, 1.807) is 17.0 Å². The lowest BCUT2D eigenvalue weighted by molar-refractivity contribution is -0.134. The molecule has 1 amide bonds. The third kappa shape index (κ3) is 5.22. The van der Waals surface area contributed by atoms with Crippen molar-refractivity contribution < 1.29 is 18.0 Å². The predicted molar refractivity (Wildman–Crippen MR) is 136 cm³/mol. The van der Waals surface area contributed by atoms with Crippen molar-refractivity contribution in [3.63, 3.8) is 0 Å². The zero-order valence-electron chi connectivity index (χ0n) is 20.2. The van der Waals surface area contributed by atoms with Gasteiger partial charge in [0, 0.05) is 24.3 Å². The molecule has 0 fully saturated rings. The number of benzene rings is 3. The standard InChI is InChI=1S/C28H26F3N5O/c1-17-2-9-21(10-3-17)33-27-26(19-5-7-20(29)8-6-19)34-25-16-35(12-13-36(25)27)28(37)24(32)15-18-4-11-22(30)23(31)14-18/h2-11,14,24,33H,12-13,15-16,32H2,1H3/t24-/m0/s1. The van der Waals surface area contributed by atoms with Gasteiger partial charge in [0.1, 0.15) is 23.2 Å². The number of amides is 1. The van der Waals surface area contributed by atoms with Gasteiger partial charge in [0.25, 0.3) is 0 Å². The lowest BCUT2D eigenvalue weighted by atomic mass is 10.0. The number of imidazole rings is 1. The van der Waals surface area contributed by atoms with E-state index in [4.69, 9.17) is 10.7 Å². The second-order valence-electron chi connectivity index (χ2n) is 9.19. The van der Waals surface area contributed by atoms with Gasteiger partial charge < -0.3 is 20.5 Å². The molecule has 37 heavy (non-hydrogen) atoms. The molecule has 0 unspecified atom stereocenters. The van der Waals surface area contributed by atoms with Crippen molar-refractivity contribution in [3.05, 3.63) is 101 Å². The molecule has 190 valence electrons. The molecule has 0 saturated carbocycles. The Bertz CT molecular complexity index is 1430. The molecule has 9 heteroatoms. The van der Waals surface area contributed by atoms with Crippen LogP contribution in [-0.4, -0.2) is 32.9 Å². The Hall–Kier alpha value is -4.11. The first-order valence-corrected chi connectivity index (χ1v) is 12.0. The van der Waals surface area contributed by atoms with Crippen LogP contribution in [-0.2, 0) is 24.3 Å². The normalized spacial score (nSPS) is 13.8. The molecule has 3 aromatic carbocycles. The summed E-state index contributed by atoms with van der Waals surface area (Å²) in [4.78, 5) is 19.6. The smallest absolute Gasteiger partial charge is 0.240 e. The summed E-state index contributed by atoms with van der Waals surface area (Å²) < 4.78 is 42.4. The number of fused-ring (bicyclic) bond motifs is 1. The zero-order valence-corrected chi connectivity index (χ0v) is 20.2. The summed E-state index contributed by atoms with van der Waals surface area (Å²) in [6, 6.07) is 16.7. The first kappa shape index (κ1) is 24.6. The van der Waals surface area contributed by atoms with E-state index in [2.05, 4.69) is 5.32 Å². The topological polar surface area (TPSA) is 76.2 Å². The fraction of sp³-hybridized carbons (Fsp3) is 0.214. The molecule has 6 nitrogen and oxygen atoms in total. The average Bonchev–Trinajstić information content (AvgIpc) is 3.25. The van der Waals surface area contributed by atoms with Crippen molar-refractivity contribution in [1.82, 2.24) is 14.5 Å². The van der Waals surface area contributed by atoms with Gasteiger partial charge >= 0.3 is 0 Å². The molecule has 3 N–H and O–H groups in total. The molecule has 4 aromatic rings. The zero-order chi connectivity index (χ0) is 26.1. The van der Waals surface area contributed by atoms with E-state index in [1.165, 1.54) is 18.2 Å². The van der Waals surface area contributed by atoms with Gasteiger partial charge in [0.05, 0.1) is 12.6 Å². The first-order valence-electron chi connectivity index (χ1n) is 12.0. The Morgan fingerprint density at radius 1 is 1.00 bits per heavy atom. The van der Waals surface area contributed by atoms with Crippen LogP contribution in [0.25, 0.3) is 11.3 Å². The molecule has 0 spiro atoms. The molecule has 1 aliphatic heterocycles. The van der Waals surface area contributed by atoms with Crippen LogP contribution in [0.1, 0.15) is 17.0 Å². The van der Waals surface area contributed by atoms with Crippen molar-refractivity contribution >= 4 is 17.4 Å². The summed E-state index contributed by atoms with van der Waals surface area (Å²) in [5, 5.41) is 3.44. The van der Waals surface area contributed by atoms with Gasteiger partial charge in [0.2, 0.25) is 5.91 Å². The molecule has 2 heterocycles. The number of halogens is 3. The van der Waals surface area contributed by atoms with E-state index >= 15 is 0 Å². The molecular formula is C28H26F3N5O. The third-order valence-electron chi connectivity index (χ3n) is 6.47. The van der Waals surface area contributed by atoms with Gasteiger partial charge in [-0.25, -0.2) is 18.2 Å². The number of aryl methyl sites for hydroxylation is 1. The minimum absolute atomic E-state index is 0.0853. The summed E-state index contributed by atoms with van der Waals surface area (Å²) >= 11 is 0. The van der Waals surface area contributed by atoms with Crippen molar-refractivity contribution in [1.29, 1.82) is 0 Å². The largest absolute Gasteiger partial charge is 0.340 e. The highest BCUT2D eigenvalue weighted by Gasteiger charge is 2.29. The van der Waals surface area contributed by atoms with Crippen LogP contribution in [0.5, 0.6) is 0 Å². The molecule has 1 atom stereocenters. The highest BCUT2D eigenvalue weighted by molar-refractivity contribution is 5.82. The van der Waals surface area contributed by atoms with E-state index in [9.17, 15) is 18.0 Å². The summed E-state index contributed by atoms with van der Waals surface area (Å²) in [7, 11) is 0. The minimum atomic E-state index is -0.973. The molecule has 1 aliphatic rings. The molecule has 0 aliphatic carbocycles. The maximum Gasteiger partial charge on any atom is 0.240 e. The lowest BCUT2D eigenvalue weighted by Gasteiger charge is -2.30. The van der Waals surface area contributed by atoms with Gasteiger partial charge in [-0.2, -0.15) is 0 Å². The number of carbonyl (C=O) groups excluding carboxylic acids is 1. The number of nitrogens with zero attached hydrogens (tertiary/aromatic N) is 3. The van der Waals surface area contributed by atoms with Gasteiger partial charge in [-0.3, -0.25) is 4.79 Å². The van der Waals surface area contributed by atoms with E-state index in [0.29, 0.717) is 30.2 Å². The summed E-state index contributed by atoms with van der Waals surface area (Å²) in [5.41, 5.74) is 10.0. The first-order chi connectivity index (χ1) is 17.8. The van der Waals surface area contributed by atoms with Gasteiger partial charge in [-0.1, -0.05) is 23.8 Å². The highest BCUT2D eigenvalue weighted by Crippen LogP contribution is 2.33. The van der Waals surface area contributed by atoms with Gasteiger partial charge in [0.15, 0.2) is 11.6 Å². The Morgan fingerprint density at radius 3 is 2.43 bits per heavy atom.